The molecule has 31 heavy (non-hydrogen) atoms. The molecule has 2 N–H and O–H groups in total. The Labute approximate surface area is 188 Å². The summed E-state index contributed by atoms with van der Waals surface area (Å²) in [6, 6.07) is 11.5. The molecule has 1 atom stereocenters. The summed E-state index contributed by atoms with van der Waals surface area (Å²) >= 11 is 1.49. The summed E-state index contributed by atoms with van der Waals surface area (Å²) in [6.07, 6.45) is 4.14. The van der Waals surface area contributed by atoms with Crippen molar-refractivity contribution < 1.29 is 22.3 Å². The molecule has 0 fully saturated rings. The number of thioether (sulfide) groups is 1. The van der Waals surface area contributed by atoms with E-state index in [-0.39, 0.29) is 13.0 Å². The first-order valence-electron chi connectivity index (χ1n) is 10.1. The van der Waals surface area contributed by atoms with Gasteiger partial charge >= 0.3 is 0 Å². The predicted octanol–water partition coefficient (Wildman–Crippen LogP) is 3.72. The Morgan fingerprint density at radius 2 is 1.97 bits per heavy atom. The Balaban J connectivity index is 2.05. The van der Waals surface area contributed by atoms with Crippen LogP contribution < -0.4 is 14.8 Å². The molecule has 0 aliphatic rings. The molecule has 6 nitrogen and oxygen atoms in total. The molecule has 170 valence electrons. The van der Waals surface area contributed by atoms with Gasteiger partial charge in [0.05, 0.1) is 6.61 Å². The van der Waals surface area contributed by atoms with E-state index in [0.717, 1.165) is 30.2 Å². The van der Waals surface area contributed by atoms with Gasteiger partial charge < -0.3 is 10.1 Å². The SMILES string of the molecule is CCCCOc1cccc(CNC(=O)C(CCSC)NS(=O)(=O)c2ccccc2F)c1. The van der Waals surface area contributed by atoms with Crippen LogP contribution in [-0.2, 0) is 21.4 Å². The van der Waals surface area contributed by atoms with E-state index in [4.69, 9.17) is 4.74 Å². The van der Waals surface area contributed by atoms with E-state index in [1.54, 1.807) is 0 Å². The number of unbranched alkanes of at least 4 members (excludes halogenated alkanes) is 1. The number of ether oxygens (including phenoxy) is 1. The number of amides is 1. The monoisotopic (exact) mass is 468 g/mol. The largest absolute Gasteiger partial charge is 0.494 e. The molecule has 2 rings (SSSR count). The highest BCUT2D eigenvalue weighted by molar-refractivity contribution is 7.98. The minimum atomic E-state index is -4.18. The summed E-state index contributed by atoms with van der Waals surface area (Å²) in [6.45, 7) is 2.94. The van der Waals surface area contributed by atoms with Crippen molar-refractivity contribution in [3.8, 4) is 5.75 Å². The van der Waals surface area contributed by atoms with E-state index in [0.29, 0.717) is 12.4 Å². The van der Waals surface area contributed by atoms with Crippen LogP contribution >= 0.6 is 11.8 Å². The first-order chi connectivity index (χ1) is 14.9. The molecule has 9 heteroatoms. The Morgan fingerprint density at radius 3 is 2.68 bits per heavy atom. The number of carbonyl (C=O) groups excluding carboxylic acids is 1. The van der Waals surface area contributed by atoms with Crippen LogP contribution in [0.4, 0.5) is 4.39 Å². The lowest BCUT2D eigenvalue weighted by molar-refractivity contribution is -0.122. The molecule has 0 aliphatic heterocycles. The molecule has 2 aromatic rings. The summed E-state index contributed by atoms with van der Waals surface area (Å²) in [4.78, 5) is 12.3. The van der Waals surface area contributed by atoms with Crippen LogP contribution in [-0.4, -0.2) is 39.0 Å². The van der Waals surface area contributed by atoms with E-state index in [2.05, 4.69) is 17.0 Å². The second kappa shape index (κ2) is 12.7. The van der Waals surface area contributed by atoms with Gasteiger partial charge in [0, 0.05) is 6.54 Å². The van der Waals surface area contributed by atoms with Crippen molar-refractivity contribution in [2.45, 2.75) is 43.7 Å². The average Bonchev–Trinajstić information content (AvgIpc) is 2.75. The van der Waals surface area contributed by atoms with Crippen molar-refractivity contribution in [2.75, 3.05) is 18.6 Å². The van der Waals surface area contributed by atoms with Crippen molar-refractivity contribution in [2.24, 2.45) is 0 Å². The lowest BCUT2D eigenvalue weighted by Gasteiger charge is -2.18. The lowest BCUT2D eigenvalue weighted by atomic mass is 10.2. The van der Waals surface area contributed by atoms with Gasteiger partial charge in [-0.1, -0.05) is 37.6 Å². The van der Waals surface area contributed by atoms with Gasteiger partial charge in [0.15, 0.2) is 0 Å². The van der Waals surface area contributed by atoms with E-state index in [1.807, 2.05) is 30.5 Å². The first-order valence-corrected chi connectivity index (χ1v) is 13.0. The highest BCUT2D eigenvalue weighted by atomic mass is 32.2. The first kappa shape index (κ1) is 25.2. The molecule has 0 bridgehead atoms. The van der Waals surface area contributed by atoms with Crippen LogP contribution in [0.25, 0.3) is 0 Å². The maximum absolute atomic E-state index is 14.0. The molecule has 0 saturated heterocycles. The van der Waals surface area contributed by atoms with Crippen LogP contribution in [0, 0.1) is 5.82 Å². The fourth-order valence-electron chi connectivity index (χ4n) is 2.78. The van der Waals surface area contributed by atoms with Crippen molar-refractivity contribution in [3.05, 3.63) is 59.9 Å². The van der Waals surface area contributed by atoms with Gasteiger partial charge in [0.1, 0.15) is 22.5 Å². The maximum atomic E-state index is 14.0. The summed E-state index contributed by atoms with van der Waals surface area (Å²) in [7, 11) is -4.18. The van der Waals surface area contributed by atoms with Crippen LogP contribution in [0.1, 0.15) is 31.7 Å². The van der Waals surface area contributed by atoms with Crippen LogP contribution in [0.5, 0.6) is 5.75 Å². The Bertz CT molecular complexity index is 954. The Morgan fingerprint density at radius 1 is 1.19 bits per heavy atom. The third kappa shape index (κ3) is 8.16. The van der Waals surface area contributed by atoms with Gasteiger partial charge in [-0.3, -0.25) is 4.79 Å². The number of sulfonamides is 1. The number of halogens is 1. The molecular weight excluding hydrogens is 439 g/mol. The van der Waals surface area contributed by atoms with Crippen LogP contribution in [0.2, 0.25) is 0 Å². The number of hydrogen-bond acceptors (Lipinski definition) is 5. The standard InChI is InChI=1S/C22H29FN2O4S2/c1-3-4-13-29-18-9-7-8-17(15-18)16-24-22(26)20(12-14-30-2)25-31(27,28)21-11-6-5-10-19(21)23/h5-11,15,20,25H,3-4,12-14,16H2,1-2H3,(H,24,26). The molecule has 1 amide bonds. The summed E-state index contributed by atoms with van der Waals surface area (Å²) in [5, 5.41) is 2.77. The van der Waals surface area contributed by atoms with E-state index < -0.39 is 32.7 Å². The summed E-state index contributed by atoms with van der Waals surface area (Å²) in [5.74, 6) is -0.0388. The van der Waals surface area contributed by atoms with Gasteiger partial charge in [-0.05, 0) is 54.7 Å². The molecule has 0 heterocycles. The lowest BCUT2D eigenvalue weighted by Crippen LogP contribution is -2.46. The van der Waals surface area contributed by atoms with Gasteiger partial charge in [-0.2, -0.15) is 16.5 Å². The van der Waals surface area contributed by atoms with Crippen molar-refractivity contribution in [3.63, 3.8) is 0 Å². The van der Waals surface area contributed by atoms with Gasteiger partial charge in [-0.25, -0.2) is 12.8 Å². The molecule has 2 aromatic carbocycles. The van der Waals surface area contributed by atoms with Gasteiger partial charge in [0.25, 0.3) is 0 Å². The minimum absolute atomic E-state index is 0.223. The number of carbonyl (C=O) groups is 1. The summed E-state index contributed by atoms with van der Waals surface area (Å²) in [5.41, 5.74) is 0.836. The van der Waals surface area contributed by atoms with E-state index in [1.165, 1.54) is 30.0 Å². The number of rotatable bonds is 13. The molecule has 0 radical (unpaired) electrons. The number of hydrogen-bond donors (Lipinski definition) is 2. The summed E-state index contributed by atoms with van der Waals surface area (Å²) < 4.78 is 47.2. The van der Waals surface area contributed by atoms with Gasteiger partial charge in [-0.15, -0.1) is 0 Å². The molecule has 0 saturated carbocycles. The molecule has 0 aliphatic carbocycles. The van der Waals surface area contributed by atoms with E-state index in [9.17, 15) is 17.6 Å². The zero-order chi connectivity index (χ0) is 22.7. The third-order valence-electron chi connectivity index (χ3n) is 4.48. The second-order valence-corrected chi connectivity index (χ2v) is 9.62. The van der Waals surface area contributed by atoms with Gasteiger partial charge in [0.2, 0.25) is 15.9 Å². The van der Waals surface area contributed by atoms with Crippen LogP contribution in [0.15, 0.2) is 53.4 Å². The number of nitrogens with one attached hydrogen (secondary N) is 2. The third-order valence-corrected chi connectivity index (χ3v) is 6.63. The Kier molecular flexibility index (Phi) is 10.3. The topological polar surface area (TPSA) is 84.5 Å². The zero-order valence-corrected chi connectivity index (χ0v) is 19.4. The molecular formula is C22H29FN2O4S2. The normalized spacial score (nSPS) is 12.4. The highest BCUT2D eigenvalue weighted by Gasteiger charge is 2.27. The highest BCUT2D eigenvalue weighted by Crippen LogP contribution is 2.16. The Hall–Kier alpha value is -2.10. The minimum Gasteiger partial charge on any atom is -0.494 e. The zero-order valence-electron chi connectivity index (χ0n) is 17.8. The van der Waals surface area contributed by atoms with Crippen molar-refractivity contribution in [1.29, 1.82) is 0 Å². The van der Waals surface area contributed by atoms with Crippen LogP contribution in [0.3, 0.4) is 0 Å². The van der Waals surface area contributed by atoms with Crippen molar-refractivity contribution >= 4 is 27.7 Å². The fraction of sp³-hybridized carbons (Fsp3) is 0.409. The number of benzene rings is 2. The maximum Gasteiger partial charge on any atom is 0.244 e. The second-order valence-electron chi connectivity index (χ2n) is 6.95. The average molecular weight is 469 g/mol. The molecule has 0 aromatic heterocycles. The molecule has 0 spiro atoms. The fourth-order valence-corrected chi connectivity index (χ4v) is 4.56. The molecule has 1 unspecified atom stereocenters. The quantitative estimate of drug-likeness (QED) is 0.438. The van der Waals surface area contributed by atoms with Crippen molar-refractivity contribution in [1.82, 2.24) is 10.0 Å². The predicted molar refractivity (Wildman–Crippen MR) is 122 cm³/mol. The van der Waals surface area contributed by atoms with E-state index >= 15 is 0 Å². The smallest absolute Gasteiger partial charge is 0.244 e.